The van der Waals surface area contributed by atoms with Gasteiger partial charge in [-0.05, 0) is 32.9 Å². The van der Waals surface area contributed by atoms with Crippen LogP contribution in [0.3, 0.4) is 0 Å². The van der Waals surface area contributed by atoms with Crippen molar-refractivity contribution in [2.24, 2.45) is 0 Å². The predicted octanol–water partition coefficient (Wildman–Crippen LogP) is 1.10. The van der Waals surface area contributed by atoms with Gasteiger partial charge in [-0.25, -0.2) is 0 Å². The van der Waals surface area contributed by atoms with E-state index in [4.69, 9.17) is 4.74 Å². The van der Waals surface area contributed by atoms with E-state index in [9.17, 15) is 0 Å². The fraction of sp³-hybridized carbons (Fsp3) is 1.00. The number of nitrogens with one attached hydrogen (secondary N) is 1. The van der Waals surface area contributed by atoms with E-state index >= 15 is 0 Å². The zero-order valence-electron chi connectivity index (χ0n) is 9.75. The molecule has 0 bridgehead atoms. The molecule has 1 heterocycles. The second-order valence-corrected chi connectivity index (χ2v) is 4.13. The number of likely N-dealkylation sites (tertiary alicyclic amines) is 1. The molecule has 0 aromatic rings. The molecule has 1 saturated heterocycles. The van der Waals surface area contributed by atoms with Crippen molar-refractivity contribution in [3.63, 3.8) is 0 Å². The van der Waals surface area contributed by atoms with E-state index in [2.05, 4.69) is 24.1 Å². The lowest BCUT2D eigenvalue weighted by Crippen LogP contribution is -2.40. The highest BCUT2D eigenvalue weighted by molar-refractivity contribution is 4.80. The minimum atomic E-state index is 0.325. The second-order valence-electron chi connectivity index (χ2n) is 4.13. The van der Waals surface area contributed by atoms with Crippen molar-refractivity contribution < 1.29 is 4.74 Å². The highest BCUT2D eigenvalue weighted by atomic mass is 16.5. The summed E-state index contributed by atoms with van der Waals surface area (Å²) in [6.45, 7) is 8.89. The standard InChI is InChI=1S/C11H24N2O/c1-4-13-7-5-6-11(13)9-12-8-10(2)14-3/h10-12H,4-9H2,1-3H3/t10-,11+/m0/s1. The Morgan fingerprint density at radius 1 is 1.57 bits per heavy atom. The topological polar surface area (TPSA) is 24.5 Å². The molecular weight excluding hydrogens is 176 g/mol. The quantitative estimate of drug-likeness (QED) is 0.695. The number of hydrogen-bond acceptors (Lipinski definition) is 3. The number of likely N-dealkylation sites (N-methyl/N-ethyl adjacent to an activating group) is 1. The molecule has 1 rings (SSSR count). The van der Waals surface area contributed by atoms with Gasteiger partial charge in [0.05, 0.1) is 6.10 Å². The molecule has 0 spiro atoms. The van der Waals surface area contributed by atoms with Gasteiger partial charge in [0, 0.05) is 26.2 Å². The lowest BCUT2D eigenvalue weighted by atomic mass is 10.2. The summed E-state index contributed by atoms with van der Waals surface area (Å²) in [5.41, 5.74) is 0. The second kappa shape index (κ2) is 6.38. The van der Waals surface area contributed by atoms with E-state index in [1.165, 1.54) is 25.9 Å². The van der Waals surface area contributed by atoms with E-state index < -0.39 is 0 Å². The molecule has 0 aromatic heterocycles. The minimum Gasteiger partial charge on any atom is -0.380 e. The molecule has 1 aliphatic heterocycles. The van der Waals surface area contributed by atoms with Crippen LogP contribution in [0.15, 0.2) is 0 Å². The molecule has 3 heteroatoms. The fourth-order valence-electron chi connectivity index (χ4n) is 2.08. The van der Waals surface area contributed by atoms with Crippen LogP contribution in [0.4, 0.5) is 0 Å². The van der Waals surface area contributed by atoms with Crippen LogP contribution in [-0.2, 0) is 4.74 Å². The first-order valence-electron chi connectivity index (χ1n) is 5.75. The molecule has 0 aliphatic carbocycles. The largest absolute Gasteiger partial charge is 0.380 e. The van der Waals surface area contributed by atoms with E-state index in [1.54, 1.807) is 7.11 Å². The number of ether oxygens (including phenoxy) is 1. The summed E-state index contributed by atoms with van der Waals surface area (Å²) in [5.74, 6) is 0. The van der Waals surface area contributed by atoms with Crippen molar-refractivity contribution in [1.82, 2.24) is 10.2 Å². The smallest absolute Gasteiger partial charge is 0.0667 e. The molecule has 0 radical (unpaired) electrons. The first kappa shape index (κ1) is 12.0. The average Bonchev–Trinajstić information content (AvgIpc) is 2.65. The third-order valence-electron chi connectivity index (χ3n) is 3.12. The van der Waals surface area contributed by atoms with Crippen LogP contribution in [0.5, 0.6) is 0 Å². The predicted molar refractivity (Wildman–Crippen MR) is 59.6 cm³/mol. The van der Waals surface area contributed by atoms with Gasteiger partial charge >= 0.3 is 0 Å². The molecule has 0 amide bonds. The first-order valence-corrected chi connectivity index (χ1v) is 5.75. The van der Waals surface area contributed by atoms with E-state index in [0.29, 0.717) is 6.10 Å². The van der Waals surface area contributed by atoms with Crippen LogP contribution >= 0.6 is 0 Å². The Kier molecular flexibility index (Phi) is 5.45. The average molecular weight is 200 g/mol. The van der Waals surface area contributed by atoms with Crippen molar-refractivity contribution in [3.05, 3.63) is 0 Å². The Morgan fingerprint density at radius 2 is 2.36 bits per heavy atom. The van der Waals surface area contributed by atoms with Crippen molar-refractivity contribution in [2.45, 2.75) is 38.8 Å². The maximum absolute atomic E-state index is 5.19. The van der Waals surface area contributed by atoms with Crippen molar-refractivity contribution in [3.8, 4) is 0 Å². The molecule has 1 fully saturated rings. The summed E-state index contributed by atoms with van der Waals surface area (Å²) in [6.07, 6.45) is 3.04. The van der Waals surface area contributed by atoms with Crippen LogP contribution in [0.1, 0.15) is 26.7 Å². The normalized spacial score (nSPS) is 25.5. The van der Waals surface area contributed by atoms with Gasteiger partial charge in [0.15, 0.2) is 0 Å². The highest BCUT2D eigenvalue weighted by Gasteiger charge is 2.22. The molecule has 1 N–H and O–H groups in total. The van der Waals surface area contributed by atoms with Crippen molar-refractivity contribution >= 4 is 0 Å². The molecule has 0 saturated carbocycles. The summed E-state index contributed by atoms with van der Waals surface area (Å²) < 4.78 is 5.19. The van der Waals surface area contributed by atoms with Crippen LogP contribution in [-0.4, -0.2) is 50.3 Å². The van der Waals surface area contributed by atoms with Crippen molar-refractivity contribution in [2.75, 3.05) is 33.3 Å². The van der Waals surface area contributed by atoms with Gasteiger partial charge in [-0.2, -0.15) is 0 Å². The Labute approximate surface area is 87.8 Å². The van der Waals surface area contributed by atoms with E-state index in [0.717, 1.165) is 19.1 Å². The minimum absolute atomic E-state index is 0.325. The molecular formula is C11H24N2O. The Bertz CT molecular complexity index is 152. The van der Waals surface area contributed by atoms with Gasteiger partial charge in [-0.15, -0.1) is 0 Å². The molecule has 0 aromatic carbocycles. The Hall–Kier alpha value is -0.120. The number of hydrogen-bond donors (Lipinski definition) is 1. The lowest BCUT2D eigenvalue weighted by Gasteiger charge is -2.23. The number of methoxy groups -OCH3 is 1. The van der Waals surface area contributed by atoms with Gasteiger partial charge in [-0.3, -0.25) is 4.90 Å². The van der Waals surface area contributed by atoms with Crippen LogP contribution in [0.2, 0.25) is 0 Å². The van der Waals surface area contributed by atoms with Gasteiger partial charge in [0.2, 0.25) is 0 Å². The molecule has 84 valence electrons. The Balaban J connectivity index is 2.11. The SMILES string of the molecule is CCN1CCC[C@@H]1CNC[C@H](C)OC. The van der Waals surface area contributed by atoms with Crippen LogP contribution < -0.4 is 5.32 Å². The lowest BCUT2D eigenvalue weighted by molar-refractivity contribution is 0.115. The summed E-state index contributed by atoms with van der Waals surface area (Å²) in [7, 11) is 1.76. The zero-order chi connectivity index (χ0) is 10.4. The summed E-state index contributed by atoms with van der Waals surface area (Å²) in [6, 6.07) is 0.754. The van der Waals surface area contributed by atoms with E-state index in [1.807, 2.05) is 0 Å². The third kappa shape index (κ3) is 3.56. The zero-order valence-corrected chi connectivity index (χ0v) is 9.75. The van der Waals surface area contributed by atoms with Crippen LogP contribution in [0, 0.1) is 0 Å². The summed E-state index contributed by atoms with van der Waals surface area (Å²) in [5, 5.41) is 3.48. The molecule has 3 nitrogen and oxygen atoms in total. The summed E-state index contributed by atoms with van der Waals surface area (Å²) >= 11 is 0. The number of nitrogens with zero attached hydrogens (tertiary/aromatic N) is 1. The Morgan fingerprint density at radius 3 is 3.00 bits per heavy atom. The third-order valence-corrected chi connectivity index (χ3v) is 3.12. The van der Waals surface area contributed by atoms with Crippen LogP contribution in [0.25, 0.3) is 0 Å². The van der Waals surface area contributed by atoms with Gasteiger partial charge in [0.1, 0.15) is 0 Å². The monoisotopic (exact) mass is 200 g/mol. The molecule has 1 aliphatic rings. The maximum Gasteiger partial charge on any atom is 0.0667 e. The number of rotatable bonds is 6. The summed E-state index contributed by atoms with van der Waals surface area (Å²) in [4.78, 5) is 2.56. The fourth-order valence-corrected chi connectivity index (χ4v) is 2.08. The van der Waals surface area contributed by atoms with Gasteiger partial charge < -0.3 is 10.1 Å². The van der Waals surface area contributed by atoms with E-state index in [-0.39, 0.29) is 0 Å². The first-order chi connectivity index (χ1) is 6.77. The molecule has 2 atom stereocenters. The van der Waals surface area contributed by atoms with Gasteiger partial charge in [0.25, 0.3) is 0 Å². The highest BCUT2D eigenvalue weighted by Crippen LogP contribution is 2.15. The van der Waals surface area contributed by atoms with Crippen molar-refractivity contribution in [1.29, 1.82) is 0 Å². The van der Waals surface area contributed by atoms with Gasteiger partial charge in [-0.1, -0.05) is 6.92 Å². The maximum atomic E-state index is 5.19. The molecule has 0 unspecified atom stereocenters. The molecule has 14 heavy (non-hydrogen) atoms.